The van der Waals surface area contributed by atoms with E-state index in [-0.39, 0.29) is 11.9 Å². The van der Waals surface area contributed by atoms with Gasteiger partial charge >= 0.3 is 0 Å². The smallest absolute Gasteiger partial charge is 0.258 e. The summed E-state index contributed by atoms with van der Waals surface area (Å²) >= 11 is 0. The molecule has 2 N–H and O–H groups in total. The fourth-order valence-corrected chi connectivity index (χ4v) is 3.91. The normalized spacial score (nSPS) is 12.7. The van der Waals surface area contributed by atoms with Crippen LogP contribution in [-0.4, -0.2) is 22.6 Å². The Morgan fingerprint density at radius 1 is 0.914 bits per heavy atom. The molecule has 1 unspecified atom stereocenters. The van der Waals surface area contributed by atoms with Crippen LogP contribution < -0.4 is 10.6 Å². The number of rotatable bonds is 10. The Bertz CT molecular complexity index is 1220. The van der Waals surface area contributed by atoms with E-state index in [9.17, 15) is 4.79 Å². The van der Waals surface area contributed by atoms with Gasteiger partial charge in [-0.15, -0.1) is 0 Å². The summed E-state index contributed by atoms with van der Waals surface area (Å²) in [5.74, 6) is 1.45. The Kier molecular flexibility index (Phi) is 7.93. The molecule has 0 saturated heterocycles. The van der Waals surface area contributed by atoms with Gasteiger partial charge in [0.1, 0.15) is 0 Å². The molecule has 0 fully saturated rings. The lowest BCUT2D eigenvalue weighted by atomic mass is 9.91. The zero-order valence-corrected chi connectivity index (χ0v) is 20.5. The van der Waals surface area contributed by atoms with E-state index >= 15 is 0 Å². The highest BCUT2D eigenvalue weighted by Gasteiger charge is 2.19. The van der Waals surface area contributed by atoms with E-state index in [2.05, 4.69) is 46.8 Å². The summed E-state index contributed by atoms with van der Waals surface area (Å²) in [4.78, 5) is 16.8. The second kappa shape index (κ2) is 11.5. The van der Waals surface area contributed by atoms with Gasteiger partial charge in [-0.1, -0.05) is 74.8 Å². The number of nitrogens with zero attached hydrogens (tertiary/aromatic N) is 2. The monoisotopic (exact) mass is 468 g/mol. The van der Waals surface area contributed by atoms with E-state index in [1.807, 2.05) is 73.7 Å². The van der Waals surface area contributed by atoms with Gasteiger partial charge in [-0.3, -0.25) is 4.79 Å². The third-order valence-corrected chi connectivity index (χ3v) is 6.19. The zero-order chi connectivity index (χ0) is 24.6. The van der Waals surface area contributed by atoms with Gasteiger partial charge in [0, 0.05) is 28.9 Å². The lowest BCUT2D eigenvalue weighted by Crippen LogP contribution is -2.24. The summed E-state index contributed by atoms with van der Waals surface area (Å²) in [6.07, 6.45) is 1.95. The number of hydrogen-bond donors (Lipinski definition) is 2. The molecule has 6 heteroatoms. The van der Waals surface area contributed by atoms with Crippen molar-refractivity contribution in [1.82, 2.24) is 15.5 Å². The summed E-state index contributed by atoms with van der Waals surface area (Å²) in [6.45, 7) is 7.16. The van der Waals surface area contributed by atoms with Crippen molar-refractivity contribution < 1.29 is 9.32 Å². The number of hydrogen-bond acceptors (Lipinski definition) is 5. The van der Waals surface area contributed by atoms with E-state index in [1.54, 1.807) is 0 Å². The molecular weight excluding hydrogens is 436 g/mol. The van der Waals surface area contributed by atoms with Crippen LogP contribution in [0, 0.1) is 5.92 Å². The van der Waals surface area contributed by atoms with Gasteiger partial charge in [-0.25, -0.2) is 0 Å². The first-order valence-electron chi connectivity index (χ1n) is 12.2. The minimum atomic E-state index is -0.0376. The third kappa shape index (κ3) is 5.96. The van der Waals surface area contributed by atoms with Crippen molar-refractivity contribution in [3.63, 3.8) is 0 Å². The standard InChI is InChI=1S/C29H32N4O2/c1-4-19-30-28(34)23-15-17-25(18-16-23)31-26(20(3)5-2)21-11-13-22(14-12-21)27-32-29(35-33-27)24-9-7-6-8-10-24/h6-18,20,26,31H,4-5,19H2,1-3H3,(H,30,34)/t20?,26-/m1/s1. The fourth-order valence-electron chi connectivity index (χ4n) is 3.91. The lowest BCUT2D eigenvalue weighted by molar-refractivity contribution is 0.0953. The maximum absolute atomic E-state index is 12.2. The molecule has 1 aromatic heterocycles. The van der Waals surface area contributed by atoms with Gasteiger partial charge in [0.2, 0.25) is 5.82 Å². The first-order valence-corrected chi connectivity index (χ1v) is 12.2. The van der Waals surface area contributed by atoms with Crippen LogP contribution in [-0.2, 0) is 0 Å². The number of anilines is 1. The minimum Gasteiger partial charge on any atom is -0.378 e. The average Bonchev–Trinajstić information content (AvgIpc) is 3.41. The molecule has 4 rings (SSSR count). The van der Waals surface area contributed by atoms with Crippen LogP contribution in [0.25, 0.3) is 22.8 Å². The number of aromatic nitrogens is 2. The summed E-state index contributed by atoms with van der Waals surface area (Å²) in [7, 11) is 0. The Morgan fingerprint density at radius 2 is 1.63 bits per heavy atom. The number of amides is 1. The Labute approximate surface area is 206 Å². The van der Waals surface area contributed by atoms with Gasteiger partial charge in [0.15, 0.2) is 0 Å². The molecule has 1 heterocycles. The molecule has 180 valence electrons. The highest BCUT2D eigenvalue weighted by atomic mass is 16.5. The van der Waals surface area contributed by atoms with E-state index in [4.69, 9.17) is 4.52 Å². The van der Waals surface area contributed by atoms with Crippen molar-refractivity contribution >= 4 is 11.6 Å². The second-order valence-electron chi connectivity index (χ2n) is 8.75. The first kappa shape index (κ1) is 24.2. The molecule has 3 aromatic carbocycles. The Morgan fingerprint density at radius 3 is 2.29 bits per heavy atom. The lowest BCUT2D eigenvalue weighted by Gasteiger charge is -2.26. The van der Waals surface area contributed by atoms with Crippen molar-refractivity contribution in [3.8, 4) is 22.8 Å². The van der Waals surface area contributed by atoms with Gasteiger partial charge in [-0.05, 0) is 54.3 Å². The quantitative estimate of drug-likeness (QED) is 0.269. The van der Waals surface area contributed by atoms with Crippen LogP contribution in [0.15, 0.2) is 83.4 Å². The Hall–Kier alpha value is -3.93. The van der Waals surface area contributed by atoms with Crippen molar-refractivity contribution in [1.29, 1.82) is 0 Å². The highest BCUT2D eigenvalue weighted by Crippen LogP contribution is 2.31. The Balaban J connectivity index is 1.49. The molecule has 0 aliphatic carbocycles. The third-order valence-electron chi connectivity index (χ3n) is 6.19. The maximum Gasteiger partial charge on any atom is 0.258 e. The summed E-state index contributed by atoms with van der Waals surface area (Å²) in [6, 6.07) is 25.8. The molecule has 35 heavy (non-hydrogen) atoms. The summed E-state index contributed by atoms with van der Waals surface area (Å²) in [5.41, 5.74) is 4.64. The van der Waals surface area contributed by atoms with Crippen molar-refractivity contribution in [2.45, 2.75) is 39.7 Å². The van der Waals surface area contributed by atoms with Crippen molar-refractivity contribution in [3.05, 3.63) is 90.0 Å². The molecule has 1 amide bonds. The highest BCUT2D eigenvalue weighted by molar-refractivity contribution is 5.94. The minimum absolute atomic E-state index is 0.0376. The van der Waals surface area contributed by atoms with Crippen LogP contribution >= 0.6 is 0 Å². The van der Waals surface area contributed by atoms with Gasteiger partial charge in [-0.2, -0.15) is 4.98 Å². The van der Waals surface area contributed by atoms with Gasteiger partial charge in [0.25, 0.3) is 11.8 Å². The SMILES string of the molecule is CCCNC(=O)c1ccc(N[C@@H](c2ccc(-c3noc(-c4ccccc4)n3)cc2)C(C)CC)cc1. The van der Waals surface area contributed by atoms with Gasteiger partial charge < -0.3 is 15.2 Å². The van der Waals surface area contributed by atoms with Crippen LogP contribution in [0.5, 0.6) is 0 Å². The average molecular weight is 469 g/mol. The molecule has 6 nitrogen and oxygen atoms in total. The topological polar surface area (TPSA) is 80.0 Å². The molecule has 0 spiro atoms. The number of carbonyl (C=O) groups is 1. The molecular formula is C29H32N4O2. The molecule has 0 aliphatic heterocycles. The van der Waals surface area contributed by atoms with E-state index < -0.39 is 0 Å². The van der Waals surface area contributed by atoms with Crippen molar-refractivity contribution in [2.24, 2.45) is 5.92 Å². The number of benzene rings is 3. The van der Waals surface area contributed by atoms with E-state index in [1.165, 1.54) is 5.56 Å². The van der Waals surface area contributed by atoms with Gasteiger partial charge in [0.05, 0.1) is 6.04 Å². The predicted molar refractivity (Wildman–Crippen MR) is 140 cm³/mol. The van der Waals surface area contributed by atoms with Crippen molar-refractivity contribution in [2.75, 3.05) is 11.9 Å². The molecule has 0 aliphatic rings. The first-order chi connectivity index (χ1) is 17.1. The van der Waals surface area contributed by atoms with Crippen LogP contribution in [0.3, 0.4) is 0 Å². The van der Waals surface area contributed by atoms with E-state index in [0.717, 1.165) is 29.7 Å². The van der Waals surface area contributed by atoms with E-state index in [0.29, 0.717) is 29.7 Å². The zero-order valence-electron chi connectivity index (χ0n) is 20.5. The largest absolute Gasteiger partial charge is 0.378 e. The second-order valence-corrected chi connectivity index (χ2v) is 8.75. The van der Waals surface area contributed by atoms with Crippen LogP contribution in [0.1, 0.15) is 55.6 Å². The fraction of sp³-hybridized carbons (Fsp3) is 0.276. The number of nitrogens with one attached hydrogen (secondary N) is 2. The van der Waals surface area contributed by atoms with Crippen LogP contribution in [0.4, 0.5) is 5.69 Å². The summed E-state index contributed by atoms with van der Waals surface area (Å²) in [5, 5.41) is 10.7. The molecule has 4 aromatic rings. The summed E-state index contributed by atoms with van der Waals surface area (Å²) < 4.78 is 5.46. The number of carbonyl (C=O) groups excluding carboxylic acids is 1. The molecule has 0 bridgehead atoms. The molecule has 0 radical (unpaired) electrons. The molecule has 0 saturated carbocycles. The maximum atomic E-state index is 12.2. The molecule has 2 atom stereocenters. The van der Waals surface area contributed by atoms with Crippen LogP contribution in [0.2, 0.25) is 0 Å². The predicted octanol–water partition coefficient (Wildman–Crippen LogP) is 6.74.